The van der Waals surface area contributed by atoms with E-state index in [-0.39, 0.29) is 6.61 Å². The first-order chi connectivity index (χ1) is 13.3. The third-order valence-corrected chi connectivity index (χ3v) is 3.95. The van der Waals surface area contributed by atoms with Crippen LogP contribution in [-0.2, 0) is 6.61 Å². The van der Waals surface area contributed by atoms with Gasteiger partial charge in [0.2, 0.25) is 0 Å². The highest BCUT2D eigenvalue weighted by atomic mass is 16.5. The molecule has 0 fully saturated rings. The predicted octanol–water partition coefficient (Wildman–Crippen LogP) is 4.34. The summed E-state index contributed by atoms with van der Waals surface area (Å²) in [5.74, 6) is 1.37. The van der Waals surface area contributed by atoms with Gasteiger partial charge in [-0.1, -0.05) is 47.6 Å². The number of carbonyl (C=O) groups excluding carboxylic acids is 1. The van der Waals surface area contributed by atoms with Crippen molar-refractivity contribution in [2.24, 2.45) is 5.16 Å². The second kappa shape index (κ2) is 9.20. The predicted molar refractivity (Wildman–Crippen MR) is 103 cm³/mol. The van der Waals surface area contributed by atoms with E-state index in [1.807, 2.05) is 54.6 Å². The van der Waals surface area contributed by atoms with Gasteiger partial charge in [0, 0.05) is 11.1 Å². The first-order valence-corrected chi connectivity index (χ1v) is 8.44. The van der Waals surface area contributed by atoms with Crippen LogP contribution in [0.25, 0.3) is 0 Å². The fourth-order valence-corrected chi connectivity index (χ4v) is 2.44. The normalized spacial score (nSPS) is 11.0. The standard InChI is InChI=1S/C22H19NO4/c24-14-17-6-10-20(11-7-17)26-15-18-8-12-21(13-9-18)27-16-22(23-25)19-4-2-1-3-5-19/h1-14,25H,15-16H2/b23-22+. The lowest BCUT2D eigenvalue weighted by molar-refractivity contribution is 0.112. The van der Waals surface area contributed by atoms with Crippen LogP contribution in [0, 0.1) is 0 Å². The van der Waals surface area contributed by atoms with Crippen molar-refractivity contribution in [2.75, 3.05) is 6.61 Å². The molecule has 0 aliphatic carbocycles. The molecule has 0 aliphatic rings. The van der Waals surface area contributed by atoms with Crippen LogP contribution in [-0.4, -0.2) is 23.8 Å². The van der Waals surface area contributed by atoms with Crippen molar-refractivity contribution >= 4 is 12.0 Å². The molecule has 0 amide bonds. The van der Waals surface area contributed by atoms with E-state index in [1.54, 1.807) is 24.3 Å². The number of nitrogens with zero attached hydrogens (tertiary/aromatic N) is 1. The number of rotatable bonds is 8. The van der Waals surface area contributed by atoms with E-state index in [9.17, 15) is 10.0 Å². The lowest BCUT2D eigenvalue weighted by atomic mass is 10.1. The van der Waals surface area contributed by atoms with Gasteiger partial charge in [0.1, 0.15) is 36.7 Å². The Hall–Kier alpha value is -3.60. The van der Waals surface area contributed by atoms with Crippen LogP contribution in [0.2, 0.25) is 0 Å². The van der Waals surface area contributed by atoms with Gasteiger partial charge in [-0.15, -0.1) is 0 Å². The zero-order valence-corrected chi connectivity index (χ0v) is 14.6. The van der Waals surface area contributed by atoms with E-state index in [4.69, 9.17) is 9.47 Å². The zero-order valence-electron chi connectivity index (χ0n) is 14.6. The summed E-state index contributed by atoms with van der Waals surface area (Å²) in [6, 6.07) is 23.8. The maximum Gasteiger partial charge on any atom is 0.150 e. The Kier molecular flexibility index (Phi) is 6.20. The van der Waals surface area contributed by atoms with Gasteiger partial charge in [0.25, 0.3) is 0 Å². The summed E-state index contributed by atoms with van der Waals surface area (Å²) in [6.45, 7) is 0.577. The minimum atomic E-state index is 0.166. The molecule has 1 N–H and O–H groups in total. The minimum absolute atomic E-state index is 0.166. The average molecular weight is 361 g/mol. The first kappa shape index (κ1) is 18.2. The van der Waals surface area contributed by atoms with Crippen molar-refractivity contribution in [2.45, 2.75) is 6.61 Å². The summed E-state index contributed by atoms with van der Waals surface area (Å²) in [5, 5.41) is 12.5. The highest BCUT2D eigenvalue weighted by Crippen LogP contribution is 2.16. The molecule has 0 aromatic heterocycles. The van der Waals surface area contributed by atoms with Gasteiger partial charge in [-0.05, 0) is 42.0 Å². The molecule has 0 spiro atoms. The molecule has 3 rings (SSSR count). The van der Waals surface area contributed by atoms with E-state index < -0.39 is 0 Å². The summed E-state index contributed by atoms with van der Waals surface area (Å²) >= 11 is 0. The molecule has 0 unspecified atom stereocenters. The SMILES string of the molecule is O=Cc1ccc(OCc2ccc(OC/C(=N\O)c3ccccc3)cc2)cc1. The van der Waals surface area contributed by atoms with Gasteiger partial charge in [-0.25, -0.2) is 0 Å². The zero-order chi connectivity index (χ0) is 18.9. The second-order valence-corrected chi connectivity index (χ2v) is 5.82. The lowest BCUT2D eigenvalue weighted by Gasteiger charge is -2.10. The average Bonchev–Trinajstić information content (AvgIpc) is 2.74. The van der Waals surface area contributed by atoms with E-state index in [1.165, 1.54) is 0 Å². The first-order valence-electron chi connectivity index (χ1n) is 8.44. The van der Waals surface area contributed by atoms with Crippen molar-refractivity contribution in [3.8, 4) is 11.5 Å². The second-order valence-electron chi connectivity index (χ2n) is 5.82. The van der Waals surface area contributed by atoms with Crippen molar-refractivity contribution in [1.82, 2.24) is 0 Å². The Labute approximate surface area is 157 Å². The number of hydrogen-bond acceptors (Lipinski definition) is 5. The smallest absolute Gasteiger partial charge is 0.150 e. The van der Waals surface area contributed by atoms with E-state index in [0.717, 1.165) is 17.4 Å². The molecule has 5 nitrogen and oxygen atoms in total. The number of aldehydes is 1. The third-order valence-electron chi connectivity index (χ3n) is 3.95. The molecule has 0 bridgehead atoms. The highest BCUT2D eigenvalue weighted by Gasteiger charge is 2.05. The summed E-state index contributed by atoms with van der Waals surface area (Å²) in [4.78, 5) is 10.7. The van der Waals surface area contributed by atoms with Gasteiger partial charge in [0.05, 0.1) is 0 Å². The van der Waals surface area contributed by atoms with Gasteiger partial charge in [-0.2, -0.15) is 0 Å². The number of benzene rings is 3. The van der Waals surface area contributed by atoms with Crippen molar-refractivity contribution in [1.29, 1.82) is 0 Å². The van der Waals surface area contributed by atoms with E-state index in [2.05, 4.69) is 5.16 Å². The number of carbonyl (C=O) groups is 1. The molecule has 0 saturated heterocycles. The van der Waals surface area contributed by atoms with Crippen LogP contribution in [0.3, 0.4) is 0 Å². The fraction of sp³-hybridized carbons (Fsp3) is 0.0909. The van der Waals surface area contributed by atoms with E-state index >= 15 is 0 Å². The molecule has 0 saturated carbocycles. The minimum Gasteiger partial charge on any atom is -0.489 e. The molecule has 3 aromatic carbocycles. The van der Waals surface area contributed by atoms with Crippen LogP contribution < -0.4 is 9.47 Å². The van der Waals surface area contributed by atoms with Crippen molar-refractivity contribution < 1.29 is 19.5 Å². The molecular weight excluding hydrogens is 342 g/mol. The van der Waals surface area contributed by atoms with Crippen LogP contribution in [0.5, 0.6) is 11.5 Å². The quantitative estimate of drug-likeness (QED) is 0.281. The van der Waals surface area contributed by atoms with Gasteiger partial charge in [-0.3, -0.25) is 4.79 Å². The van der Waals surface area contributed by atoms with Gasteiger partial charge < -0.3 is 14.7 Å². The summed E-state index contributed by atoms with van der Waals surface area (Å²) in [6.07, 6.45) is 0.799. The Morgan fingerprint density at radius 3 is 2.11 bits per heavy atom. The molecule has 136 valence electrons. The molecule has 3 aromatic rings. The Bertz CT molecular complexity index is 888. The molecule has 0 aliphatic heterocycles. The monoisotopic (exact) mass is 361 g/mol. The molecule has 0 atom stereocenters. The van der Waals surface area contributed by atoms with Crippen LogP contribution in [0.4, 0.5) is 0 Å². The van der Waals surface area contributed by atoms with E-state index in [0.29, 0.717) is 29.4 Å². The number of ether oxygens (including phenoxy) is 2. The van der Waals surface area contributed by atoms with Gasteiger partial charge in [0.15, 0.2) is 0 Å². The largest absolute Gasteiger partial charge is 0.489 e. The molecule has 0 radical (unpaired) electrons. The molecular formula is C22H19NO4. The number of oxime groups is 1. The maximum absolute atomic E-state index is 10.7. The van der Waals surface area contributed by atoms with Crippen molar-refractivity contribution in [3.63, 3.8) is 0 Å². The Balaban J connectivity index is 1.53. The van der Waals surface area contributed by atoms with Crippen LogP contribution >= 0.6 is 0 Å². The number of hydrogen-bond donors (Lipinski definition) is 1. The maximum atomic E-state index is 10.7. The Morgan fingerprint density at radius 1 is 0.852 bits per heavy atom. The molecule has 27 heavy (non-hydrogen) atoms. The highest BCUT2D eigenvalue weighted by molar-refractivity contribution is 6.01. The van der Waals surface area contributed by atoms with Crippen LogP contribution in [0.1, 0.15) is 21.5 Å². The van der Waals surface area contributed by atoms with Crippen LogP contribution in [0.15, 0.2) is 84.0 Å². The van der Waals surface area contributed by atoms with Gasteiger partial charge >= 0.3 is 0 Å². The molecule has 5 heteroatoms. The van der Waals surface area contributed by atoms with Crippen molar-refractivity contribution in [3.05, 3.63) is 95.6 Å². The topological polar surface area (TPSA) is 68.1 Å². The third kappa shape index (κ3) is 5.19. The molecule has 0 heterocycles. The summed E-state index contributed by atoms with van der Waals surface area (Å²) < 4.78 is 11.4. The fourth-order valence-electron chi connectivity index (χ4n) is 2.44. The Morgan fingerprint density at radius 2 is 1.48 bits per heavy atom. The summed E-state index contributed by atoms with van der Waals surface area (Å²) in [5.41, 5.74) is 2.87. The summed E-state index contributed by atoms with van der Waals surface area (Å²) in [7, 11) is 0. The lowest BCUT2D eigenvalue weighted by Crippen LogP contribution is -2.13.